The van der Waals surface area contributed by atoms with Gasteiger partial charge in [0.15, 0.2) is 0 Å². The molecule has 0 amide bonds. The first-order valence-electron chi connectivity index (χ1n) is 4.02. The van der Waals surface area contributed by atoms with Gasteiger partial charge < -0.3 is 9.47 Å². The van der Waals surface area contributed by atoms with Crippen molar-refractivity contribution in [1.82, 2.24) is 0 Å². The maximum absolute atomic E-state index is 11.4. The molecule has 3 nitrogen and oxygen atoms in total. The van der Waals surface area contributed by atoms with Crippen LogP contribution in [-0.2, 0) is 4.74 Å². The Morgan fingerprint density at radius 3 is 2.50 bits per heavy atom. The molecule has 0 heterocycles. The minimum absolute atomic E-state index is 0.372. The van der Waals surface area contributed by atoms with E-state index in [2.05, 4.69) is 27.3 Å². The summed E-state index contributed by atoms with van der Waals surface area (Å²) in [7, 11) is 2.90. The molecule has 0 aromatic heterocycles. The number of hydrogen-bond acceptors (Lipinski definition) is 3. The van der Waals surface area contributed by atoms with Gasteiger partial charge in [-0.05, 0) is 47.2 Å². The summed E-state index contributed by atoms with van der Waals surface area (Å²) in [5, 5.41) is 0. The van der Waals surface area contributed by atoms with Crippen LogP contribution >= 0.6 is 22.6 Å². The zero-order valence-corrected chi connectivity index (χ0v) is 10.4. The van der Waals surface area contributed by atoms with Gasteiger partial charge in [-0.25, -0.2) is 4.79 Å². The maximum atomic E-state index is 11.4. The molecule has 0 saturated carbocycles. The van der Waals surface area contributed by atoms with Crippen molar-refractivity contribution in [3.05, 3.63) is 26.8 Å². The predicted molar refractivity (Wildman–Crippen MR) is 61.8 cm³/mol. The van der Waals surface area contributed by atoms with Crippen molar-refractivity contribution in [3.8, 4) is 5.75 Å². The molecule has 76 valence electrons. The lowest BCUT2D eigenvalue weighted by molar-refractivity contribution is 0.0597. The summed E-state index contributed by atoms with van der Waals surface area (Å²) >= 11 is 2.15. The Labute approximate surface area is 96.5 Å². The van der Waals surface area contributed by atoms with Crippen LogP contribution in [0, 0.1) is 10.5 Å². The molecule has 1 aromatic carbocycles. The van der Waals surface area contributed by atoms with Crippen LogP contribution in [0.2, 0.25) is 0 Å². The quantitative estimate of drug-likeness (QED) is 0.622. The molecule has 0 aliphatic carbocycles. The number of benzene rings is 1. The molecular weight excluding hydrogens is 295 g/mol. The molecule has 0 aliphatic heterocycles. The molecule has 1 aromatic rings. The van der Waals surface area contributed by atoms with Gasteiger partial charge in [0.1, 0.15) is 11.3 Å². The monoisotopic (exact) mass is 306 g/mol. The first-order valence-corrected chi connectivity index (χ1v) is 5.10. The van der Waals surface area contributed by atoms with E-state index in [9.17, 15) is 4.79 Å². The maximum Gasteiger partial charge on any atom is 0.341 e. The van der Waals surface area contributed by atoms with Crippen LogP contribution in [0.3, 0.4) is 0 Å². The number of methoxy groups -OCH3 is 2. The van der Waals surface area contributed by atoms with Crippen molar-refractivity contribution in [2.45, 2.75) is 6.92 Å². The van der Waals surface area contributed by atoms with Gasteiger partial charge in [0, 0.05) is 3.57 Å². The Kier molecular flexibility index (Phi) is 3.74. The minimum Gasteiger partial charge on any atom is -0.496 e. The second kappa shape index (κ2) is 4.63. The summed E-state index contributed by atoms with van der Waals surface area (Å²) < 4.78 is 10.8. The summed E-state index contributed by atoms with van der Waals surface area (Å²) in [6, 6.07) is 3.70. The van der Waals surface area contributed by atoms with Crippen LogP contribution in [0.25, 0.3) is 0 Å². The second-order valence-electron chi connectivity index (χ2n) is 2.80. The number of rotatable bonds is 2. The van der Waals surface area contributed by atoms with E-state index in [0.29, 0.717) is 11.3 Å². The Morgan fingerprint density at radius 2 is 2.00 bits per heavy atom. The molecular formula is C10H11IO3. The lowest BCUT2D eigenvalue weighted by Gasteiger charge is -2.10. The van der Waals surface area contributed by atoms with E-state index in [1.54, 1.807) is 13.2 Å². The van der Waals surface area contributed by atoms with Gasteiger partial charge in [-0.2, -0.15) is 0 Å². The highest BCUT2D eigenvalue weighted by atomic mass is 127. The van der Waals surface area contributed by atoms with E-state index < -0.39 is 0 Å². The lowest BCUT2D eigenvalue weighted by atomic mass is 10.1. The lowest BCUT2D eigenvalue weighted by Crippen LogP contribution is -2.05. The largest absolute Gasteiger partial charge is 0.496 e. The fourth-order valence-electron chi connectivity index (χ4n) is 1.26. The van der Waals surface area contributed by atoms with Gasteiger partial charge in [-0.3, -0.25) is 0 Å². The van der Waals surface area contributed by atoms with Crippen LogP contribution < -0.4 is 4.74 Å². The second-order valence-corrected chi connectivity index (χ2v) is 4.04. The molecule has 0 atom stereocenters. The number of carbonyl (C=O) groups is 1. The number of carbonyl (C=O) groups excluding carboxylic acids is 1. The predicted octanol–water partition coefficient (Wildman–Crippen LogP) is 2.39. The standard InChI is InChI=1S/C10H11IO3/c1-6-4-7(11)5-8(9(6)13-2)10(12)14-3/h4-5H,1-3H3. The van der Waals surface area contributed by atoms with Crippen molar-refractivity contribution < 1.29 is 14.3 Å². The molecule has 0 saturated heterocycles. The highest BCUT2D eigenvalue weighted by Crippen LogP contribution is 2.26. The summed E-state index contributed by atoms with van der Waals surface area (Å²) in [6.45, 7) is 1.90. The van der Waals surface area contributed by atoms with Crippen molar-refractivity contribution in [2.24, 2.45) is 0 Å². The first-order chi connectivity index (χ1) is 6.60. The molecule has 0 N–H and O–H groups in total. The average molecular weight is 306 g/mol. The summed E-state index contributed by atoms with van der Waals surface area (Å²) in [5.41, 5.74) is 1.40. The third kappa shape index (κ3) is 2.17. The van der Waals surface area contributed by atoms with Gasteiger partial charge in [0.25, 0.3) is 0 Å². The average Bonchev–Trinajstić information content (AvgIpc) is 2.15. The van der Waals surface area contributed by atoms with E-state index in [1.165, 1.54) is 7.11 Å². The molecule has 0 fully saturated rings. The number of esters is 1. The van der Waals surface area contributed by atoms with Gasteiger partial charge >= 0.3 is 5.97 Å². The fraction of sp³-hybridized carbons (Fsp3) is 0.300. The number of ether oxygens (including phenoxy) is 2. The summed E-state index contributed by atoms with van der Waals surface area (Å²) in [6.07, 6.45) is 0. The third-order valence-corrected chi connectivity index (χ3v) is 2.47. The molecule has 4 heteroatoms. The zero-order valence-electron chi connectivity index (χ0n) is 8.26. The molecule has 0 radical (unpaired) electrons. The third-order valence-electron chi connectivity index (χ3n) is 1.85. The van der Waals surface area contributed by atoms with Gasteiger partial charge in [0.05, 0.1) is 14.2 Å². The zero-order chi connectivity index (χ0) is 10.7. The van der Waals surface area contributed by atoms with Crippen LogP contribution in [0.5, 0.6) is 5.75 Å². The normalized spacial score (nSPS) is 9.71. The van der Waals surface area contributed by atoms with E-state index in [4.69, 9.17) is 4.74 Å². The molecule has 0 aliphatic rings. The fourth-order valence-corrected chi connectivity index (χ4v) is 2.04. The minimum atomic E-state index is -0.372. The highest BCUT2D eigenvalue weighted by Gasteiger charge is 2.15. The van der Waals surface area contributed by atoms with Crippen molar-refractivity contribution >= 4 is 28.6 Å². The Bertz CT molecular complexity index is 361. The highest BCUT2D eigenvalue weighted by molar-refractivity contribution is 14.1. The van der Waals surface area contributed by atoms with Crippen LogP contribution in [0.4, 0.5) is 0 Å². The van der Waals surface area contributed by atoms with Gasteiger partial charge in [-0.15, -0.1) is 0 Å². The molecule has 1 rings (SSSR count). The Hall–Kier alpha value is -0.780. The number of aryl methyl sites for hydroxylation is 1. The van der Waals surface area contributed by atoms with Crippen LogP contribution in [-0.4, -0.2) is 20.2 Å². The van der Waals surface area contributed by atoms with Crippen LogP contribution in [0.15, 0.2) is 12.1 Å². The van der Waals surface area contributed by atoms with Crippen molar-refractivity contribution in [2.75, 3.05) is 14.2 Å². The van der Waals surface area contributed by atoms with Crippen molar-refractivity contribution in [1.29, 1.82) is 0 Å². The van der Waals surface area contributed by atoms with E-state index in [-0.39, 0.29) is 5.97 Å². The molecule has 0 spiro atoms. The summed E-state index contributed by atoms with van der Waals surface area (Å²) in [5.74, 6) is 0.209. The first kappa shape index (κ1) is 11.3. The SMILES string of the molecule is COC(=O)c1cc(I)cc(C)c1OC. The van der Waals surface area contributed by atoms with E-state index in [1.807, 2.05) is 13.0 Å². The smallest absolute Gasteiger partial charge is 0.341 e. The van der Waals surface area contributed by atoms with E-state index >= 15 is 0 Å². The summed E-state index contributed by atoms with van der Waals surface area (Å²) in [4.78, 5) is 11.4. The Balaban J connectivity index is 3.32. The van der Waals surface area contributed by atoms with Gasteiger partial charge in [-0.1, -0.05) is 0 Å². The van der Waals surface area contributed by atoms with Gasteiger partial charge in [0.2, 0.25) is 0 Å². The van der Waals surface area contributed by atoms with Crippen LogP contribution in [0.1, 0.15) is 15.9 Å². The number of hydrogen-bond donors (Lipinski definition) is 0. The number of halogens is 1. The molecule has 0 unspecified atom stereocenters. The Morgan fingerprint density at radius 1 is 1.36 bits per heavy atom. The molecule has 0 bridgehead atoms. The molecule has 14 heavy (non-hydrogen) atoms. The van der Waals surface area contributed by atoms with E-state index in [0.717, 1.165) is 9.13 Å². The van der Waals surface area contributed by atoms with Crippen molar-refractivity contribution in [3.63, 3.8) is 0 Å². The topological polar surface area (TPSA) is 35.5 Å².